The molecule has 1 nitrogen and oxygen atoms in total. The van der Waals surface area contributed by atoms with Crippen LogP contribution in [0, 0.1) is 5.92 Å². The molecule has 0 aromatic rings. The van der Waals surface area contributed by atoms with Gasteiger partial charge in [0.05, 0.1) is 6.10 Å². The van der Waals surface area contributed by atoms with Crippen LogP contribution in [-0.2, 0) is 0 Å². The van der Waals surface area contributed by atoms with Gasteiger partial charge in [0.15, 0.2) is 0 Å². The van der Waals surface area contributed by atoms with E-state index < -0.39 is 0 Å². The number of aliphatic hydroxyl groups is 1. The van der Waals surface area contributed by atoms with Crippen molar-refractivity contribution in [1.29, 1.82) is 0 Å². The molecule has 0 radical (unpaired) electrons. The molecular formula is C8H15IO. The number of alkyl halides is 1. The van der Waals surface area contributed by atoms with Crippen LogP contribution >= 0.6 is 22.6 Å². The van der Waals surface area contributed by atoms with E-state index in [1.165, 1.54) is 6.42 Å². The fraction of sp³-hybridized carbons (Fsp3) is 1.00. The van der Waals surface area contributed by atoms with Gasteiger partial charge < -0.3 is 5.11 Å². The number of hydrogen-bond acceptors (Lipinski definition) is 1. The first-order valence-corrected chi connectivity index (χ1v) is 4.97. The summed E-state index contributed by atoms with van der Waals surface area (Å²) in [4.78, 5) is 0. The van der Waals surface area contributed by atoms with Crippen LogP contribution in [0.5, 0.6) is 0 Å². The van der Waals surface area contributed by atoms with Crippen molar-refractivity contribution in [2.45, 2.75) is 42.6 Å². The molecule has 1 saturated carbocycles. The van der Waals surface area contributed by atoms with Gasteiger partial charge in [0.25, 0.3) is 0 Å². The molecule has 3 atom stereocenters. The van der Waals surface area contributed by atoms with Crippen molar-refractivity contribution < 1.29 is 5.11 Å². The minimum atomic E-state index is -0.0863. The number of hydrogen-bond donors (Lipinski definition) is 1. The summed E-state index contributed by atoms with van der Waals surface area (Å²) in [7, 11) is 0. The number of aliphatic hydroxyl groups excluding tert-OH is 1. The molecule has 1 rings (SSSR count). The zero-order valence-electron chi connectivity index (χ0n) is 6.60. The van der Waals surface area contributed by atoms with E-state index in [9.17, 15) is 5.11 Å². The van der Waals surface area contributed by atoms with Crippen molar-refractivity contribution in [3.05, 3.63) is 0 Å². The van der Waals surface area contributed by atoms with E-state index in [0.717, 1.165) is 18.8 Å². The van der Waals surface area contributed by atoms with E-state index in [1.54, 1.807) is 0 Å². The Bertz CT molecular complexity index is 122. The lowest BCUT2D eigenvalue weighted by Gasteiger charge is -2.36. The van der Waals surface area contributed by atoms with Crippen LogP contribution in [-0.4, -0.2) is 14.6 Å². The van der Waals surface area contributed by atoms with E-state index in [-0.39, 0.29) is 9.53 Å². The molecule has 0 bridgehead atoms. The normalized spacial score (nSPS) is 49.2. The Morgan fingerprint density at radius 1 is 1.60 bits per heavy atom. The lowest BCUT2D eigenvalue weighted by atomic mass is 9.82. The maximum absolute atomic E-state index is 9.60. The third-order valence-corrected chi connectivity index (χ3v) is 3.70. The molecule has 0 aromatic heterocycles. The highest BCUT2D eigenvalue weighted by atomic mass is 127. The van der Waals surface area contributed by atoms with Crippen molar-refractivity contribution in [3.63, 3.8) is 0 Å². The standard InChI is InChI=1S/C8H15IO/c1-6-3-4-8(2,9)7(10)5-6/h6-7,10H,3-5H2,1-2H3/t6-,7?,8?/m1/s1. The van der Waals surface area contributed by atoms with Crippen molar-refractivity contribution >= 4 is 22.6 Å². The zero-order chi connectivity index (χ0) is 7.78. The number of rotatable bonds is 0. The van der Waals surface area contributed by atoms with Gasteiger partial charge in [-0.2, -0.15) is 0 Å². The van der Waals surface area contributed by atoms with Gasteiger partial charge in [0.1, 0.15) is 0 Å². The maximum Gasteiger partial charge on any atom is 0.0685 e. The molecule has 60 valence electrons. The van der Waals surface area contributed by atoms with Crippen LogP contribution in [0.2, 0.25) is 0 Å². The van der Waals surface area contributed by atoms with E-state index >= 15 is 0 Å². The topological polar surface area (TPSA) is 20.2 Å². The molecular weight excluding hydrogens is 239 g/mol. The molecule has 1 aliphatic carbocycles. The SMILES string of the molecule is C[C@@H]1CCC(C)(I)C(O)C1. The molecule has 0 heterocycles. The van der Waals surface area contributed by atoms with Gasteiger partial charge in [-0.1, -0.05) is 29.5 Å². The fourth-order valence-corrected chi connectivity index (χ4v) is 2.01. The summed E-state index contributed by atoms with van der Waals surface area (Å²) in [6, 6.07) is 0. The second-order valence-electron chi connectivity index (χ2n) is 3.67. The van der Waals surface area contributed by atoms with E-state index in [2.05, 4.69) is 36.4 Å². The highest BCUT2D eigenvalue weighted by Gasteiger charge is 2.34. The first-order chi connectivity index (χ1) is 4.52. The third kappa shape index (κ3) is 1.84. The second kappa shape index (κ2) is 2.97. The van der Waals surface area contributed by atoms with E-state index in [4.69, 9.17) is 0 Å². The zero-order valence-corrected chi connectivity index (χ0v) is 8.76. The molecule has 0 aromatic carbocycles. The lowest BCUT2D eigenvalue weighted by molar-refractivity contribution is 0.0831. The Labute approximate surface area is 76.3 Å². The van der Waals surface area contributed by atoms with Crippen molar-refractivity contribution in [3.8, 4) is 0 Å². The van der Waals surface area contributed by atoms with Crippen molar-refractivity contribution in [2.75, 3.05) is 0 Å². The van der Waals surface area contributed by atoms with Crippen LogP contribution < -0.4 is 0 Å². The summed E-state index contributed by atoms with van der Waals surface area (Å²) in [5.74, 6) is 0.720. The quantitative estimate of drug-likeness (QED) is 0.519. The smallest absolute Gasteiger partial charge is 0.0685 e. The molecule has 0 amide bonds. The van der Waals surface area contributed by atoms with Crippen molar-refractivity contribution in [1.82, 2.24) is 0 Å². The summed E-state index contributed by atoms with van der Waals surface area (Å²) in [6.07, 6.45) is 3.34. The van der Waals surface area contributed by atoms with Crippen LogP contribution in [0.25, 0.3) is 0 Å². The predicted molar refractivity (Wildman–Crippen MR) is 51.4 cm³/mol. The molecule has 10 heavy (non-hydrogen) atoms. The minimum absolute atomic E-state index is 0.0863. The van der Waals surface area contributed by atoms with Crippen LogP contribution in [0.3, 0.4) is 0 Å². The van der Waals surface area contributed by atoms with Gasteiger partial charge in [-0.3, -0.25) is 0 Å². The average molecular weight is 254 g/mol. The van der Waals surface area contributed by atoms with Gasteiger partial charge >= 0.3 is 0 Å². The lowest BCUT2D eigenvalue weighted by Crippen LogP contribution is -2.38. The van der Waals surface area contributed by atoms with Crippen LogP contribution in [0.1, 0.15) is 33.1 Å². The predicted octanol–water partition coefficient (Wildman–Crippen LogP) is 2.36. The molecule has 1 aliphatic rings. The molecule has 0 spiro atoms. The first-order valence-electron chi connectivity index (χ1n) is 3.89. The average Bonchev–Trinajstić information content (AvgIpc) is 1.81. The van der Waals surface area contributed by atoms with Crippen LogP contribution in [0.4, 0.5) is 0 Å². The minimum Gasteiger partial charge on any atom is -0.392 e. The Morgan fingerprint density at radius 3 is 2.60 bits per heavy atom. The Morgan fingerprint density at radius 2 is 2.20 bits per heavy atom. The molecule has 0 saturated heterocycles. The number of halogens is 1. The summed E-state index contributed by atoms with van der Waals surface area (Å²) in [5, 5.41) is 9.60. The molecule has 2 heteroatoms. The summed E-state index contributed by atoms with van der Waals surface area (Å²) in [6.45, 7) is 4.36. The third-order valence-electron chi connectivity index (χ3n) is 2.45. The maximum atomic E-state index is 9.60. The molecule has 0 aliphatic heterocycles. The summed E-state index contributed by atoms with van der Waals surface area (Å²) in [5.41, 5.74) is 0. The van der Waals surface area contributed by atoms with Crippen molar-refractivity contribution in [2.24, 2.45) is 5.92 Å². The summed E-state index contributed by atoms with van der Waals surface area (Å²) < 4.78 is 0.143. The largest absolute Gasteiger partial charge is 0.392 e. The van der Waals surface area contributed by atoms with Gasteiger partial charge in [-0.25, -0.2) is 0 Å². The van der Waals surface area contributed by atoms with Gasteiger partial charge in [-0.05, 0) is 32.1 Å². The highest BCUT2D eigenvalue weighted by molar-refractivity contribution is 14.1. The van der Waals surface area contributed by atoms with Gasteiger partial charge in [-0.15, -0.1) is 0 Å². The monoisotopic (exact) mass is 254 g/mol. The van der Waals surface area contributed by atoms with Crippen LogP contribution in [0.15, 0.2) is 0 Å². The van der Waals surface area contributed by atoms with E-state index in [0.29, 0.717) is 0 Å². The first kappa shape index (κ1) is 8.78. The fourth-order valence-electron chi connectivity index (χ4n) is 1.44. The second-order valence-corrected chi connectivity index (χ2v) is 6.14. The Kier molecular flexibility index (Phi) is 2.61. The molecule has 1 N–H and O–H groups in total. The Balaban J connectivity index is 2.52. The van der Waals surface area contributed by atoms with Gasteiger partial charge in [0, 0.05) is 3.42 Å². The van der Waals surface area contributed by atoms with Gasteiger partial charge in [0.2, 0.25) is 0 Å². The Hall–Kier alpha value is 0.690. The highest BCUT2D eigenvalue weighted by Crippen LogP contribution is 2.38. The van der Waals surface area contributed by atoms with E-state index in [1.807, 2.05) is 0 Å². The summed E-state index contributed by atoms with van der Waals surface area (Å²) >= 11 is 2.38. The molecule has 1 fully saturated rings. The molecule has 2 unspecified atom stereocenters.